The molecule has 0 aliphatic carbocycles. The lowest BCUT2D eigenvalue weighted by Crippen LogP contribution is -2.27. The summed E-state index contributed by atoms with van der Waals surface area (Å²) in [7, 11) is -7.24. The lowest BCUT2D eigenvalue weighted by atomic mass is 10.2. The smallest absolute Gasteiger partial charge is 0.344 e. The molecule has 4 aromatic rings. The average Bonchev–Trinajstić information content (AvgIpc) is 2.91. The zero-order chi connectivity index (χ0) is 28.1. The van der Waals surface area contributed by atoms with Gasteiger partial charge in [-0.3, -0.25) is 0 Å². The first-order chi connectivity index (χ1) is 18.5. The second kappa shape index (κ2) is 11.6. The van der Waals surface area contributed by atoms with Crippen LogP contribution in [0.4, 0.5) is 0 Å². The quantitative estimate of drug-likeness (QED) is 0.224. The Balaban J connectivity index is 1.79. The van der Waals surface area contributed by atoms with Crippen LogP contribution >= 0.6 is 10.3 Å². The number of rotatable bonds is 9. The lowest BCUT2D eigenvalue weighted by molar-refractivity contribution is -0.157. The van der Waals surface area contributed by atoms with Crippen LogP contribution in [0.5, 0.6) is 5.75 Å². The topological polar surface area (TPSA) is 105 Å². The minimum atomic E-state index is -4.26. The molecule has 0 fully saturated rings. The average molecular weight is 567 g/mol. The number of pyridine rings is 2. The number of ether oxygens (including phenoxy) is 2. The number of carbonyl (C=O) groups excluding carboxylic acids is 1. The van der Waals surface area contributed by atoms with E-state index in [0.717, 1.165) is 5.56 Å². The number of hydrogen-bond acceptors (Lipinski definition) is 8. The monoisotopic (exact) mass is 566 g/mol. The molecule has 4 rings (SSSR count). The van der Waals surface area contributed by atoms with Crippen molar-refractivity contribution in [1.29, 1.82) is 0 Å². The molecule has 204 valence electrons. The van der Waals surface area contributed by atoms with E-state index in [1.54, 1.807) is 106 Å². The Morgan fingerprint density at radius 2 is 1.31 bits per heavy atom. The predicted molar refractivity (Wildman–Crippen MR) is 148 cm³/mol. The van der Waals surface area contributed by atoms with Gasteiger partial charge in [0.25, 0.3) is 0 Å². The number of esters is 1. The maximum absolute atomic E-state index is 13.7. The maximum atomic E-state index is 13.7. The van der Waals surface area contributed by atoms with Crippen LogP contribution in [-0.4, -0.2) is 36.6 Å². The molecule has 0 radical (unpaired) electrons. The SMILES string of the molecule is Cc1ccc(S(=O)(=O)OS(c2ccc(OCC(=O)OC(C)(C)C)cc2)(c2ccccn2)c2ccccn2)cc1. The first-order valence-corrected chi connectivity index (χ1v) is 15.1. The van der Waals surface area contributed by atoms with Crippen molar-refractivity contribution in [3.05, 3.63) is 103 Å². The van der Waals surface area contributed by atoms with Crippen LogP contribution in [-0.2, 0) is 23.3 Å². The summed E-state index contributed by atoms with van der Waals surface area (Å²) in [5.41, 5.74) is 0.294. The molecule has 0 saturated carbocycles. The summed E-state index contributed by atoms with van der Waals surface area (Å²) in [5.74, 6) is -0.0950. The first-order valence-electron chi connectivity index (χ1n) is 12.1. The van der Waals surface area contributed by atoms with E-state index in [4.69, 9.17) is 13.1 Å². The fourth-order valence-electron chi connectivity index (χ4n) is 3.61. The van der Waals surface area contributed by atoms with Crippen molar-refractivity contribution in [2.24, 2.45) is 0 Å². The summed E-state index contributed by atoms with van der Waals surface area (Å²) >= 11 is 0. The fraction of sp³-hybridized carbons (Fsp3) is 0.207. The van der Waals surface area contributed by atoms with Crippen molar-refractivity contribution in [2.45, 2.75) is 53.1 Å². The molecule has 8 nitrogen and oxygen atoms in total. The standard InChI is InChI=1S/C29H30N2O6S2/c1-22-11-15-25(16-12-22)39(33,34)37-38(26-9-5-7-19-30-26,27-10-6-8-20-31-27)24-17-13-23(14-18-24)35-21-28(32)36-29(2,3)4/h5-20H,21H2,1-4H3. The molecule has 0 aliphatic rings. The molecule has 0 bridgehead atoms. The van der Waals surface area contributed by atoms with Crippen molar-refractivity contribution in [1.82, 2.24) is 9.97 Å². The van der Waals surface area contributed by atoms with Crippen LogP contribution in [0.25, 0.3) is 0 Å². The molecule has 0 N–H and O–H groups in total. The highest BCUT2D eigenvalue weighted by Gasteiger charge is 2.40. The highest BCUT2D eigenvalue weighted by atomic mass is 32.3. The van der Waals surface area contributed by atoms with E-state index in [0.29, 0.717) is 20.7 Å². The summed E-state index contributed by atoms with van der Waals surface area (Å²) < 4.78 is 44.5. The zero-order valence-corrected chi connectivity index (χ0v) is 23.7. The van der Waals surface area contributed by atoms with E-state index in [9.17, 15) is 13.2 Å². The molecular weight excluding hydrogens is 536 g/mol. The molecule has 0 amide bonds. The van der Waals surface area contributed by atoms with Crippen LogP contribution in [0.3, 0.4) is 0 Å². The van der Waals surface area contributed by atoms with Crippen molar-refractivity contribution >= 4 is 26.4 Å². The van der Waals surface area contributed by atoms with Gasteiger partial charge < -0.3 is 9.47 Å². The van der Waals surface area contributed by atoms with Crippen molar-refractivity contribution in [3.8, 4) is 5.75 Å². The third-order valence-corrected chi connectivity index (χ3v) is 10.3. The maximum Gasteiger partial charge on any atom is 0.344 e. The highest BCUT2D eigenvalue weighted by molar-refractivity contribution is 8.33. The minimum Gasteiger partial charge on any atom is -0.482 e. The molecule has 10 heteroatoms. The Hall–Kier alpha value is -3.73. The number of nitrogens with zero attached hydrogens (tertiary/aromatic N) is 2. The molecule has 2 aromatic heterocycles. The van der Waals surface area contributed by atoms with Gasteiger partial charge in [-0.2, -0.15) is 12.0 Å². The van der Waals surface area contributed by atoms with E-state index < -0.39 is 32.0 Å². The number of aromatic nitrogens is 2. The second-order valence-electron chi connectivity index (χ2n) is 9.57. The highest BCUT2D eigenvalue weighted by Crippen LogP contribution is 2.69. The van der Waals surface area contributed by atoms with Gasteiger partial charge in [0.05, 0.1) is 4.90 Å². The summed E-state index contributed by atoms with van der Waals surface area (Å²) in [5, 5.41) is 0.809. The van der Waals surface area contributed by atoms with E-state index in [1.165, 1.54) is 12.1 Å². The summed E-state index contributed by atoms with van der Waals surface area (Å²) in [6, 6.07) is 23.6. The first kappa shape index (κ1) is 28.3. The van der Waals surface area contributed by atoms with Gasteiger partial charge in [-0.25, -0.2) is 14.8 Å². The Bertz CT molecular complexity index is 1470. The van der Waals surface area contributed by atoms with E-state index in [1.807, 2.05) is 6.92 Å². The number of carbonyl (C=O) groups is 1. The van der Waals surface area contributed by atoms with Crippen LogP contribution < -0.4 is 4.74 Å². The molecule has 0 atom stereocenters. The van der Waals surface area contributed by atoms with Crippen LogP contribution in [0.1, 0.15) is 26.3 Å². The number of benzene rings is 2. The molecule has 0 saturated heterocycles. The summed E-state index contributed by atoms with van der Waals surface area (Å²) in [4.78, 5) is 21.7. The van der Waals surface area contributed by atoms with Gasteiger partial charge in [0.1, 0.15) is 21.4 Å². The molecule has 2 heterocycles. The Morgan fingerprint density at radius 3 is 1.79 bits per heavy atom. The number of aryl methyl sites for hydroxylation is 1. The Kier molecular flexibility index (Phi) is 8.39. The third kappa shape index (κ3) is 6.83. The van der Waals surface area contributed by atoms with Gasteiger partial charge in [0.2, 0.25) is 0 Å². The number of hydrogen-bond donors (Lipinski definition) is 0. The molecule has 0 aliphatic heterocycles. The van der Waals surface area contributed by atoms with Gasteiger partial charge in [0.15, 0.2) is 6.61 Å². The van der Waals surface area contributed by atoms with Gasteiger partial charge >= 0.3 is 16.1 Å². The second-order valence-corrected chi connectivity index (χ2v) is 13.9. The predicted octanol–water partition coefficient (Wildman–Crippen LogP) is 6.11. The largest absolute Gasteiger partial charge is 0.482 e. The van der Waals surface area contributed by atoms with E-state index >= 15 is 0 Å². The van der Waals surface area contributed by atoms with Gasteiger partial charge in [-0.1, -0.05) is 29.8 Å². The van der Waals surface area contributed by atoms with Gasteiger partial charge in [-0.15, -0.1) is 0 Å². The Morgan fingerprint density at radius 1 is 0.769 bits per heavy atom. The molecule has 0 spiro atoms. The van der Waals surface area contributed by atoms with Crippen LogP contribution in [0.2, 0.25) is 0 Å². The van der Waals surface area contributed by atoms with Crippen LogP contribution in [0, 0.1) is 6.92 Å². The fourth-order valence-corrected chi connectivity index (χ4v) is 8.52. The van der Waals surface area contributed by atoms with Crippen molar-refractivity contribution in [2.75, 3.05) is 6.61 Å². The molecule has 39 heavy (non-hydrogen) atoms. The normalized spacial score (nSPS) is 12.5. The molecule has 0 unspecified atom stereocenters. The molecular formula is C29H30N2O6S2. The Labute approximate surface area is 230 Å². The van der Waals surface area contributed by atoms with E-state index in [2.05, 4.69) is 9.97 Å². The van der Waals surface area contributed by atoms with Crippen molar-refractivity contribution < 1.29 is 26.3 Å². The van der Waals surface area contributed by atoms with Crippen molar-refractivity contribution in [3.63, 3.8) is 0 Å². The lowest BCUT2D eigenvalue weighted by Gasteiger charge is -2.37. The third-order valence-electron chi connectivity index (χ3n) is 5.30. The van der Waals surface area contributed by atoms with E-state index in [-0.39, 0.29) is 11.5 Å². The molecule has 2 aromatic carbocycles. The summed E-state index contributed by atoms with van der Waals surface area (Å²) in [6.07, 6.45) is 3.17. The van der Waals surface area contributed by atoms with Gasteiger partial charge in [0, 0.05) is 27.6 Å². The zero-order valence-electron chi connectivity index (χ0n) is 22.1. The minimum absolute atomic E-state index is 0.0224. The van der Waals surface area contributed by atoms with Crippen LogP contribution in [0.15, 0.2) is 117 Å². The summed E-state index contributed by atoms with van der Waals surface area (Å²) in [6.45, 7) is 6.94. The van der Waals surface area contributed by atoms with Gasteiger partial charge in [-0.05, 0) is 88.4 Å².